The van der Waals surface area contributed by atoms with Crippen molar-refractivity contribution in [2.24, 2.45) is 0 Å². The van der Waals surface area contributed by atoms with Crippen molar-refractivity contribution < 1.29 is 13.6 Å². The molecule has 0 fully saturated rings. The molecule has 0 unspecified atom stereocenters. The molecule has 0 aliphatic carbocycles. The van der Waals surface area contributed by atoms with Crippen LogP contribution in [0.1, 0.15) is 20.8 Å². The summed E-state index contributed by atoms with van der Waals surface area (Å²) in [6.45, 7) is 0. The van der Waals surface area contributed by atoms with Gasteiger partial charge < -0.3 is 0 Å². The van der Waals surface area contributed by atoms with Crippen LogP contribution >= 0.6 is 22.9 Å². The van der Waals surface area contributed by atoms with Gasteiger partial charge in [-0.15, -0.1) is 11.3 Å². The minimum atomic E-state index is -0.916. The molecule has 0 aliphatic rings. The fourth-order valence-electron chi connectivity index (χ4n) is 2.15. The highest BCUT2D eigenvalue weighted by Gasteiger charge is 2.18. The highest BCUT2D eigenvalue weighted by atomic mass is 35.5. The number of carbonyl (C=O) groups excluding carboxylic acids is 1. The van der Waals surface area contributed by atoms with Crippen LogP contribution in [0.4, 0.5) is 13.9 Å². The lowest BCUT2D eigenvalue weighted by Crippen LogP contribution is -2.15. The van der Waals surface area contributed by atoms with Gasteiger partial charge in [0, 0.05) is 22.5 Å². The average Bonchev–Trinajstić information content (AvgIpc) is 2.96. The molecule has 7 heteroatoms. The summed E-state index contributed by atoms with van der Waals surface area (Å²) in [4.78, 5) is 17.0. The maximum atomic E-state index is 13.6. The van der Waals surface area contributed by atoms with Gasteiger partial charge in [-0.1, -0.05) is 35.9 Å². The van der Waals surface area contributed by atoms with Gasteiger partial charge >= 0.3 is 0 Å². The number of benzene rings is 2. The summed E-state index contributed by atoms with van der Waals surface area (Å²) in [5, 5.41) is 3.33. The van der Waals surface area contributed by atoms with Crippen molar-refractivity contribution in [1.29, 1.82) is 0 Å². The third-order valence-electron chi connectivity index (χ3n) is 3.29. The van der Waals surface area contributed by atoms with Crippen LogP contribution < -0.4 is 5.32 Å². The zero-order valence-corrected chi connectivity index (χ0v) is 13.8. The van der Waals surface area contributed by atoms with E-state index >= 15 is 0 Å². The van der Waals surface area contributed by atoms with Gasteiger partial charge in [0.2, 0.25) is 0 Å². The van der Waals surface area contributed by atoms with Gasteiger partial charge in [-0.2, -0.15) is 0 Å². The fraction of sp³-hybridized carbons (Fsp3) is 0.0588. The Balaban J connectivity index is 1.75. The lowest BCUT2D eigenvalue weighted by molar-refractivity contribution is 0.101. The van der Waals surface area contributed by atoms with E-state index in [4.69, 9.17) is 11.6 Å². The number of hydrogen-bond acceptors (Lipinski definition) is 3. The summed E-state index contributed by atoms with van der Waals surface area (Å²) in [7, 11) is 0. The number of rotatable bonds is 4. The van der Waals surface area contributed by atoms with E-state index in [1.165, 1.54) is 17.4 Å². The van der Waals surface area contributed by atoms with E-state index in [0.717, 1.165) is 22.6 Å². The zero-order valence-electron chi connectivity index (χ0n) is 12.2. The quantitative estimate of drug-likeness (QED) is 0.714. The van der Waals surface area contributed by atoms with Gasteiger partial charge in [-0.25, -0.2) is 13.8 Å². The summed E-state index contributed by atoms with van der Waals surface area (Å²) in [6.07, 6.45) is 2.16. The number of aromatic nitrogens is 1. The standard InChI is InChI=1S/C17H11ClF2N2OS/c18-12-5-2-1-4-10(12)8-11-9-21-17(24-11)22-16(23)15-13(19)6-3-7-14(15)20/h1-7,9H,8H2,(H,21,22,23). The lowest BCUT2D eigenvalue weighted by atomic mass is 10.1. The first-order chi connectivity index (χ1) is 11.5. The molecule has 3 rings (SSSR count). The molecule has 3 nitrogen and oxygen atoms in total. The number of nitrogens with zero attached hydrogens (tertiary/aromatic N) is 1. The van der Waals surface area contributed by atoms with E-state index in [9.17, 15) is 13.6 Å². The van der Waals surface area contributed by atoms with Crippen LogP contribution in [0, 0.1) is 11.6 Å². The number of amides is 1. The molecule has 0 atom stereocenters. The van der Waals surface area contributed by atoms with Crippen molar-refractivity contribution >= 4 is 34.0 Å². The molecule has 0 bridgehead atoms. The Morgan fingerprint density at radius 2 is 1.83 bits per heavy atom. The molecular formula is C17H11ClF2N2OS. The van der Waals surface area contributed by atoms with Crippen molar-refractivity contribution in [2.45, 2.75) is 6.42 Å². The Morgan fingerprint density at radius 3 is 2.54 bits per heavy atom. The van der Waals surface area contributed by atoms with Crippen molar-refractivity contribution in [3.8, 4) is 0 Å². The molecule has 1 amide bonds. The monoisotopic (exact) mass is 364 g/mol. The normalized spacial score (nSPS) is 10.6. The molecule has 0 saturated carbocycles. The number of carbonyl (C=O) groups is 1. The highest BCUT2D eigenvalue weighted by molar-refractivity contribution is 7.15. The van der Waals surface area contributed by atoms with E-state index in [1.807, 2.05) is 18.2 Å². The van der Waals surface area contributed by atoms with E-state index in [2.05, 4.69) is 10.3 Å². The second-order valence-electron chi connectivity index (χ2n) is 4.95. The summed E-state index contributed by atoms with van der Waals surface area (Å²) >= 11 is 7.34. The minimum Gasteiger partial charge on any atom is -0.298 e. The molecule has 0 saturated heterocycles. The van der Waals surface area contributed by atoms with E-state index in [1.54, 1.807) is 12.3 Å². The third-order valence-corrected chi connectivity index (χ3v) is 4.57. The Hall–Kier alpha value is -2.31. The minimum absolute atomic E-state index is 0.268. The Kier molecular flexibility index (Phi) is 4.87. The molecule has 1 heterocycles. The first-order valence-electron chi connectivity index (χ1n) is 6.98. The molecule has 24 heavy (non-hydrogen) atoms. The molecule has 1 N–H and O–H groups in total. The van der Waals surface area contributed by atoms with Crippen molar-refractivity contribution in [3.63, 3.8) is 0 Å². The van der Waals surface area contributed by atoms with Crippen LogP contribution in [-0.2, 0) is 6.42 Å². The van der Waals surface area contributed by atoms with E-state index < -0.39 is 23.1 Å². The predicted octanol–water partition coefficient (Wildman–Crippen LogP) is 4.92. The van der Waals surface area contributed by atoms with Crippen LogP contribution in [0.25, 0.3) is 0 Å². The molecule has 0 spiro atoms. The Labute approximate surface area is 145 Å². The van der Waals surface area contributed by atoms with Gasteiger partial charge in [0.1, 0.15) is 17.2 Å². The third kappa shape index (κ3) is 3.60. The van der Waals surface area contributed by atoms with Crippen molar-refractivity contribution in [1.82, 2.24) is 4.98 Å². The number of anilines is 1. The van der Waals surface area contributed by atoms with Crippen LogP contribution in [0.2, 0.25) is 5.02 Å². The maximum absolute atomic E-state index is 13.6. The highest BCUT2D eigenvalue weighted by Crippen LogP contribution is 2.25. The molecular weight excluding hydrogens is 354 g/mol. The van der Waals surface area contributed by atoms with Crippen LogP contribution in [-0.4, -0.2) is 10.9 Å². The van der Waals surface area contributed by atoms with Crippen molar-refractivity contribution in [3.05, 3.63) is 81.3 Å². The molecule has 0 radical (unpaired) electrons. The first kappa shape index (κ1) is 16.5. The SMILES string of the molecule is O=C(Nc1ncc(Cc2ccccc2Cl)s1)c1c(F)cccc1F. The molecule has 1 aromatic heterocycles. The van der Waals surface area contributed by atoms with Gasteiger partial charge in [-0.05, 0) is 23.8 Å². The molecule has 3 aromatic rings. The fourth-order valence-corrected chi connectivity index (χ4v) is 3.18. The molecule has 2 aromatic carbocycles. The summed E-state index contributed by atoms with van der Waals surface area (Å²) in [5.41, 5.74) is 0.307. The lowest BCUT2D eigenvalue weighted by Gasteiger charge is -2.04. The van der Waals surface area contributed by atoms with Gasteiger partial charge in [0.25, 0.3) is 5.91 Å². The van der Waals surface area contributed by atoms with Crippen LogP contribution in [0.3, 0.4) is 0 Å². The smallest absolute Gasteiger partial charge is 0.263 e. The largest absolute Gasteiger partial charge is 0.298 e. The number of nitrogens with one attached hydrogen (secondary N) is 1. The predicted molar refractivity (Wildman–Crippen MR) is 90.7 cm³/mol. The molecule has 122 valence electrons. The van der Waals surface area contributed by atoms with Crippen LogP contribution in [0.5, 0.6) is 0 Å². The average molecular weight is 365 g/mol. The maximum Gasteiger partial charge on any atom is 0.263 e. The number of thiazole rings is 1. The second-order valence-corrected chi connectivity index (χ2v) is 6.47. The van der Waals surface area contributed by atoms with Gasteiger partial charge in [0.15, 0.2) is 5.13 Å². The Morgan fingerprint density at radius 1 is 1.12 bits per heavy atom. The van der Waals surface area contributed by atoms with Gasteiger partial charge in [0.05, 0.1) is 0 Å². The van der Waals surface area contributed by atoms with E-state index in [0.29, 0.717) is 11.4 Å². The van der Waals surface area contributed by atoms with Crippen LogP contribution in [0.15, 0.2) is 48.7 Å². The number of hydrogen-bond donors (Lipinski definition) is 1. The zero-order chi connectivity index (χ0) is 17.1. The second kappa shape index (κ2) is 7.07. The number of halogens is 3. The topological polar surface area (TPSA) is 42.0 Å². The first-order valence-corrected chi connectivity index (χ1v) is 8.17. The Bertz CT molecular complexity index is 878. The van der Waals surface area contributed by atoms with Gasteiger partial charge in [-0.3, -0.25) is 10.1 Å². The van der Waals surface area contributed by atoms with Crippen molar-refractivity contribution in [2.75, 3.05) is 5.32 Å². The van der Waals surface area contributed by atoms with E-state index in [-0.39, 0.29) is 5.13 Å². The summed E-state index contributed by atoms with van der Waals surface area (Å²) in [5.74, 6) is -2.70. The molecule has 0 aliphatic heterocycles. The summed E-state index contributed by atoms with van der Waals surface area (Å²) < 4.78 is 27.2. The summed E-state index contributed by atoms with van der Waals surface area (Å²) in [6, 6.07) is 10.7.